The van der Waals surface area contributed by atoms with Gasteiger partial charge in [-0.1, -0.05) is 42.5 Å². The molecule has 1 unspecified atom stereocenters. The summed E-state index contributed by atoms with van der Waals surface area (Å²) in [5.41, 5.74) is 2.56. The van der Waals surface area contributed by atoms with Crippen molar-refractivity contribution >= 4 is 17.5 Å². The van der Waals surface area contributed by atoms with Crippen LogP contribution < -0.4 is 10.1 Å². The molecule has 0 bridgehead atoms. The first kappa shape index (κ1) is 21.3. The predicted molar refractivity (Wildman–Crippen MR) is 118 cm³/mol. The molecule has 0 aromatic heterocycles. The summed E-state index contributed by atoms with van der Waals surface area (Å²) in [6, 6.07) is 15.4. The Kier molecular flexibility index (Phi) is 6.25. The number of nitrogens with zero attached hydrogens (tertiary/aromatic N) is 2. The number of aliphatic hydroxyl groups is 1. The van der Waals surface area contributed by atoms with Gasteiger partial charge in [0.05, 0.1) is 17.8 Å². The number of aliphatic hydroxyl groups excluding tert-OH is 1. The number of likely N-dealkylation sites (tertiary alicyclic amines) is 1. The average molecular weight is 424 g/mol. The van der Waals surface area contributed by atoms with Gasteiger partial charge < -0.3 is 20.1 Å². The van der Waals surface area contributed by atoms with E-state index in [1.165, 1.54) is 6.92 Å². The maximum absolute atomic E-state index is 13.4. The molecule has 0 saturated carbocycles. The van der Waals surface area contributed by atoms with Gasteiger partial charge in [0.1, 0.15) is 5.75 Å². The highest BCUT2D eigenvalue weighted by atomic mass is 16.5. The van der Waals surface area contributed by atoms with Crippen molar-refractivity contribution in [3.05, 3.63) is 59.7 Å². The number of carbonyl (C=O) groups is 2. The molecule has 2 amide bonds. The molecule has 2 N–H and O–H groups in total. The summed E-state index contributed by atoms with van der Waals surface area (Å²) in [7, 11) is 1.81. The van der Waals surface area contributed by atoms with E-state index in [1.807, 2.05) is 49.5 Å². The van der Waals surface area contributed by atoms with Crippen molar-refractivity contribution < 1.29 is 19.4 Å². The Bertz CT molecular complexity index is 949. The van der Waals surface area contributed by atoms with Crippen molar-refractivity contribution in [1.29, 1.82) is 0 Å². The monoisotopic (exact) mass is 423 g/mol. The molecule has 1 fully saturated rings. The van der Waals surface area contributed by atoms with E-state index >= 15 is 0 Å². The smallest absolute Gasteiger partial charge is 0.264 e. The number of nitrogens with one attached hydrogen (secondary N) is 1. The summed E-state index contributed by atoms with van der Waals surface area (Å²) >= 11 is 0. The molecular weight excluding hydrogens is 394 g/mol. The summed E-state index contributed by atoms with van der Waals surface area (Å²) in [5, 5.41) is 12.7. The molecule has 2 aromatic rings. The summed E-state index contributed by atoms with van der Waals surface area (Å²) < 4.78 is 6.04. The highest BCUT2D eigenvalue weighted by molar-refractivity contribution is 5.91. The molecule has 164 valence electrons. The van der Waals surface area contributed by atoms with Crippen LogP contribution in [0.1, 0.15) is 30.5 Å². The number of ether oxygens (including phenoxy) is 1. The normalized spacial score (nSPS) is 21.3. The van der Waals surface area contributed by atoms with E-state index < -0.39 is 6.10 Å². The molecule has 1 saturated heterocycles. The third kappa shape index (κ3) is 4.73. The standard InChI is InChI=1S/C24H29N3O4/c1-16(28)25-20-10-6-9-18-13-22(31-23(18)20)24(30)26(2)21(17-7-4-3-5-8-17)15-27-12-11-19(29)14-27/h3-10,19,21-22,29H,11-15H2,1-2H3,(H,25,28)/t19-,21?,22-/m0/s1. The van der Waals surface area contributed by atoms with Gasteiger partial charge in [-0.15, -0.1) is 0 Å². The first-order valence-electron chi connectivity index (χ1n) is 10.7. The largest absolute Gasteiger partial charge is 0.478 e. The van der Waals surface area contributed by atoms with Crippen LogP contribution >= 0.6 is 0 Å². The second-order valence-corrected chi connectivity index (χ2v) is 8.36. The van der Waals surface area contributed by atoms with Crippen LogP contribution in [0.5, 0.6) is 5.75 Å². The minimum absolute atomic E-state index is 0.0985. The molecule has 0 radical (unpaired) electrons. The molecule has 0 aliphatic carbocycles. The van der Waals surface area contributed by atoms with E-state index in [0.29, 0.717) is 30.9 Å². The van der Waals surface area contributed by atoms with Gasteiger partial charge in [0.15, 0.2) is 6.10 Å². The van der Waals surface area contributed by atoms with Crippen molar-refractivity contribution in [2.75, 3.05) is 32.0 Å². The van der Waals surface area contributed by atoms with Gasteiger partial charge in [0.2, 0.25) is 5.91 Å². The number of likely N-dealkylation sites (N-methyl/N-ethyl adjacent to an activating group) is 1. The van der Waals surface area contributed by atoms with Crippen molar-refractivity contribution in [1.82, 2.24) is 9.80 Å². The highest BCUT2D eigenvalue weighted by Crippen LogP contribution is 2.37. The molecule has 0 spiro atoms. The van der Waals surface area contributed by atoms with Crippen molar-refractivity contribution in [3.63, 3.8) is 0 Å². The zero-order valence-electron chi connectivity index (χ0n) is 18.0. The zero-order valence-corrected chi connectivity index (χ0v) is 18.0. The number of hydrogen-bond donors (Lipinski definition) is 2. The fourth-order valence-corrected chi connectivity index (χ4v) is 4.42. The fraction of sp³-hybridized carbons (Fsp3) is 0.417. The number of rotatable bonds is 6. The lowest BCUT2D eigenvalue weighted by Crippen LogP contribution is -2.44. The number of anilines is 1. The van der Waals surface area contributed by atoms with Gasteiger partial charge >= 0.3 is 0 Å². The van der Waals surface area contributed by atoms with Crippen LogP contribution in [0, 0.1) is 0 Å². The zero-order chi connectivity index (χ0) is 22.0. The van der Waals surface area contributed by atoms with Crippen molar-refractivity contribution in [2.45, 2.75) is 38.0 Å². The fourth-order valence-electron chi connectivity index (χ4n) is 4.42. The summed E-state index contributed by atoms with van der Waals surface area (Å²) in [6.45, 7) is 3.54. The van der Waals surface area contributed by atoms with Gasteiger partial charge in [0.25, 0.3) is 5.91 Å². The van der Waals surface area contributed by atoms with Gasteiger partial charge in [0, 0.05) is 45.6 Å². The van der Waals surface area contributed by atoms with E-state index in [9.17, 15) is 14.7 Å². The van der Waals surface area contributed by atoms with E-state index in [0.717, 1.165) is 24.1 Å². The third-order valence-corrected chi connectivity index (χ3v) is 6.03. The predicted octanol–water partition coefficient (Wildman–Crippen LogP) is 2.21. The molecule has 2 aromatic carbocycles. The molecule has 2 aliphatic rings. The van der Waals surface area contributed by atoms with E-state index in [1.54, 1.807) is 11.0 Å². The molecule has 2 heterocycles. The Balaban J connectivity index is 1.52. The maximum atomic E-state index is 13.4. The second-order valence-electron chi connectivity index (χ2n) is 8.36. The Morgan fingerprint density at radius 3 is 2.68 bits per heavy atom. The SMILES string of the molecule is CC(=O)Nc1cccc2c1O[C@H](C(=O)N(C)C(CN1CC[C@H](O)C1)c1ccccc1)C2. The number of para-hydroxylation sites is 1. The van der Waals surface area contributed by atoms with E-state index in [2.05, 4.69) is 10.2 Å². The first-order chi connectivity index (χ1) is 14.9. The summed E-state index contributed by atoms with van der Waals surface area (Å²) in [5.74, 6) is 0.294. The minimum Gasteiger partial charge on any atom is -0.478 e. The van der Waals surface area contributed by atoms with E-state index in [4.69, 9.17) is 4.74 Å². The van der Waals surface area contributed by atoms with Crippen LogP contribution in [0.25, 0.3) is 0 Å². The summed E-state index contributed by atoms with van der Waals surface area (Å²) in [4.78, 5) is 28.9. The quantitative estimate of drug-likeness (QED) is 0.745. The Hall–Kier alpha value is -2.90. The lowest BCUT2D eigenvalue weighted by atomic mass is 10.0. The number of carbonyl (C=O) groups excluding carboxylic acids is 2. The van der Waals surface area contributed by atoms with Crippen molar-refractivity contribution in [2.24, 2.45) is 0 Å². The molecular formula is C24H29N3O4. The number of β-amino-alcohol motifs (C(OH)–C–C–N with tert-alkyl or cyclic N) is 1. The van der Waals surface area contributed by atoms with Crippen LogP contribution in [-0.4, -0.2) is 65.6 Å². The molecule has 31 heavy (non-hydrogen) atoms. The van der Waals surface area contributed by atoms with Crippen LogP contribution in [0.2, 0.25) is 0 Å². The molecule has 4 rings (SSSR count). The van der Waals surface area contributed by atoms with Crippen molar-refractivity contribution in [3.8, 4) is 5.75 Å². The van der Waals surface area contributed by atoms with E-state index in [-0.39, 0.29) is 24.0 Å². The number of benzene rings is 2. The minimum atomic E-state index is -0.634. The first-order valence-corrected chi connectivity index (χ1v) is 10.7. The van der Waals surface area contributed by atoms with Crippen LogP contribution in [0.15, 0.2) is 48.5 Å². The van der Waals surface area contributed by atoms with Gasteiger partial charge in [-0.3, -0.25) is 14.5 Å². The Labute approximate surface area is 182 Å². The number of amides is 2. The maximum Gasteiger partial charge on any atom is 0.264 e. The lowest BCUT2D eigenvalue weighted by molar-refractivity contribution is -0.139. The Morgan fingerprint density at radius 1 is 1.23 bits per heavy atom. The highest BCUT2D eigenvalue weighted by Gasteiger charge is 2.36. The second kappa shape index (κ2) is 9.08. The molecule has 3 atom stereocenters. The molecule has 7 nitrogen and oxygen atoms in total. The summed E-state index contributed by atoms with van der Waals surface area (Å²) in [6.07, 6.45) is 0.282. The van der Waals surface area contributed by atoms with Crippen LogP contribution in [-0.2, 0) is 16.0 Å². The third-order valence-electron chi connectivity index (χ3n) is 6.03. The van der Waals surface area contributed by atoms with Gasteiger partial charge in [-0.2, -0.15) is 0 Å². The average Bonchev–Trinajstić information content (AvgIpc) is 3.38. The molecule has 7 heteroatoms. The van der Waals surface area contributed by atoms with Gasteiger partial charge in [-0.05, 0) is 18.1 Å². The van der Waals surface area contributed by atoms with Gasteiger partial charge in [-0.25, -0.2) is 0 Å². The number of hydrogen-bond acceptors (Lipinski definition) is 5. The topological polar surface area (TPSA) is 82.1 Å². The number of fused-ring (bicyclic) bond motifs is 1. The Morgan fingerprint density at radius 2 is 2.00 bits per heavy atom. The van der Waals surface area contributed by atoms with Crippen LogP contribution in [0.3, 0.4) is 0 Å². The molecule has 2 aliphatic heterocycles. The lowest BCUT2D eigenvalue weighted by Gasteiger charge is -2.33. The van der Waals surface area contributed by atoms with Crippen LogP contribution in [0.4, 0.5) is 5.69 Å².